The Labute approximate surface area is 87.7 Å². The molecule has 1 rings (SSSR count). The topological polar surface area (TPSA) is 68.1 Å². The maximum atomic E-state index is 10.8. The van der Waals surface area contributed by atoms with E-state index in [1.54, 1.807) is 13.0 Å². The number of rotatable bonds is 4. The zero-order valence-corrected chi connectivity index (χ0v) is 8.69. The molecule has 0 spiro atoms. The molecule has 0 aromatic rings. The van der Waals surface area contributed by atoms with Crippen LogP contribution in [0, 0.1) is 0 Å². The number of nitrogens with zero attached hydrogens (tertiary/aromatic N) is 1. The van der Waals surface area contributed by atoms with E-state index in [2.05, 4.69) is 9.99 Å². The zero-order valence-electron chi connectivity index (χ0n) is 8.69. The molecule has 0 saturated carbocycles. The lowest BCUT2D eigenvalue weighted by molar-refractivity contribution is -0.132. The number of ether oxygens (including phenoxy) is 1. The van der Waals surface area contributed by atoms with Gasteiger partial charge in [-0.25, -0.2) is 4.79 Å². The summed E-state index contributed by atoms with van der Waals surface area (Å²) in [5, 5.41) is 12.6. The van der Waals surface area contributed by atoms with Crippen LogP contribution >= 0.6 is 0 Å². The molecule has 0 fully saturated rings. The van der Waals surface area contributed by atoms with Crippen molar-refractivity contribution in [2.24, 2.45) is 5.16 Å². The molecule has 1 aliphatic rings. The van der Waals surface area contributed by atoms with Crippen LogP contribution in [0.2, 0.25) is 0 Å². The van der Waals surface area contributed by atoms with Gasteiger partial charge >= 0.3 is 5.97 Å². The molecule has 1 aliphatic carbocycles. The second-order valence-corrected chi connectivity index (χ2v) is 2.85. The molecule has 1 N–H and O–H groups in total. The quantitative estimate of drug-likeness (QED) is 0.712. The summed E-state index contributed by atoms with van der Waals surface area (Å²) in [7, 11) is 1.44. The Morgan fingerprint density at radius 2 is 2.33 bits per heavy atom. The largest absolute Gasteiger partial charge is 0.497 e. The highest BCUT2D eigenvalue weighted by atomic mass is 16.6. The van der Waals surface area contributed by atoms with E-state index in [1.807, 2.05) is 0 Å². The fourth-order valence-corrected chi connectivity index (χ4v) is 1.26. The van der Waals surface area contributed by atoms with Gasteiger partial charge in [0.25, 0.3) is 0 Å². The summed E-state index contributed by atoms with van der Waals surface area (Å²) in [5.74, 6) is -0.575. The molecule has 0 unspecified atom stereocenters. The predicted octanol–water partition coefficient (Wildman–Crippen LogP) is 1.32. The minimum Gasteiger partial charge on any atom is -0.497 e. The fraction of sp³-hybridized carbons (Fsp3) is 0.400. The number of hydrogen-bond donors (Lipinski definition) is 1. The van der Waals surface area contributed by atoms with Crippen LogP contribution in [0.25, 0.3) is 0 Å². The smallest absolute Gasteiger partial charge is 0.339 e. The van der Waals surface area contributed by atoms with Crippen molar-refractivity contribution >= 4 is 11.7 Å². The molecular weight excluding hydrogens is 198 g/mol. The summed E-state index contributed by atoms with van der Waals surface area (Å²) in [6.45, 7) is 2.23. The molecule has 0 radical (unpaired) electrons. The summed E-state index contributed by atoms with van der Waals surface area (Å²) in [6, 6.07) is 0. The summed E-state index contributed by atoms with van der Waals surface area (Å²) >= 11 is 0. The number of carboxylic acid groups (broad SMARTS) is 1. The zero-order chi connectivity index (χ0) is 11.3. The second kappa shape index (κ2) is 5.19. The SMILES string of the molecule is CCOC1=C(C(=O)O)C=CC(=NOC)C1. The molecule has 0 aromatic carbocycles. The van der Waals surface area contributed by atoms with Crippen LogP contribution in [0.15, 0.2) is 28.6 Å². The molecule has 0 heterocycles. The molecule has 82 valence electrons. The number of oxime groups is 1. The van der Waals surface area contributed by atoms with Crippen molar-refractivity contribution in [3.63, 3.8) is 0 Å². The molecule has 0 saturated heterocycles. The monoisotopic (exact) mass is 211 g/mol. The number of aliphatic carboxylic acids is 1. The van der Waals surface area contributed by atoms with Gasteiger partial charge in [-0.1, -0.05) is 5.16 Å². The number of carboxylic acids is 1. The lowest BCUT2D eigenvalue weighted by Crippen LogP contribution is -2.13. The minimum absolute atomic E-state index is 0.173. The van der Waals surface area contributed by atoms with Gasteiger partial charge in [-0.15, -0.1) is 0 Å². The first-order chi connectivity index (χ1) is 7.19. The fourth-order valence-electron chi connectivity index (χ4n) is 1.26. The van der Waals surface area contributed by atoms with Gasteiger partial charge < -0.3 is 14.7 Å². The van der Waals surface area contributed by atoms with Crippen molar-refractivity contribution in [1.82, 2.24) is 0 Å². The molecule has 0 amide bonds. The van der Waals surface area contributed by atoms with E-state index in [1.165, 1.54) is 13.2 Å². The van der Waals surface area contributed by atoms with E-state index in [4.69, 9.17) is 9.84 Å². The summed E-state index contributed by atoms with van der Waals surface area (Å²) < 4.78 is 5.24. The highest BCUT2D eigenvalue weighted by Crippen LogP contribution is 2.19. The van der Waals surface area contributed by atoms with Crippen LogP contribution in [0.1, 0.15) is 13.3 Å². The van der Waals surface area contributed by atoms with Gasteiger partial charge in [0.15, 0.2) is 0 Å². The Balaban J connectivity index is 2.92. The van der Waals surface area contributed by atoms with Crippen molar-refractivity contribution in [2.45, 2.75) is 13.3 Å². The van der Waals surface area contributed by atoms with Crippen LogP contribution in [-0.2, 0) is 14.4 Å². The van der Waals surface area contributed by atoms with Gasteiger partial charge in [0.2, 0.25) is 0 Å². The lowest BCUT2D eigenvalue weighted by atomic mass is 10.0. The maximum absolute atomic E-state index is 10.8. The Morgan fingerprint density at radius 1 is 1.60 bits per heavy atom. The Bertz CT molecular complexity index is 341. The summed E-state index contributed by atoms with van der Waals surface area (Å²) in [6.07, 6.45) is 3.42. The lowest BCUT2D eigenvalue weighted by Gasteiger charge is -2.14. The summed E-state index contributed by atoms with van der Waals surface area (Å²) in [4.78, 5) is 15.5. The average Bonchev–Trinajstić information content (AvgIpc) is 2.18. The third-order valence-electron chi connectivity index (χ3n) is 1.84. The van der Waals surface area contributed by atoms with Crippen molar-refractivity contribution in [3.8, 4) is 0 Å². The van der Waals surface area contributed by atoms with E-state index in [9.17, 15) is 4.79 Å². The minimum atomic E-state index is -0.994. The Kier molecular flexibility index (Phi) is 3.91. The number of hydrogen-bond acceptors (Lipinski definition) is 4. The van der Waals surface area contributed by atoms with Crippen LogP contribution in [0.4, 0.5) is 0 Å². The third kappa shape index (κ3) is 2.83. The van der Waals surface area contributed by atoms with E-state index in [-0.39, 0.29) is 5.57 Å². The molecule has 5 heteroatoms. The van der Waals surface area contributed by atoms with Crippen molar-refractivity contribution in [3.05, 3.63) is 23.5 Å². The van der Waals surface area contributed by atoms with Gasteiger partial charge in [0.1, 0.15) is 12.9 Å². The van der Waals surface area contributed by atoms with Gasteiger partial charge in [-0.2, -0.15) is 0 Å². The number of carbonyl (C=O) groups is 1. The first-order valence-corrected chi connectivity index (χ1v) is 4.56. The van der Waals surface area contributed by atoms with Crippen LogP contribution < -0.4 is 0 Å². The third-order valence-corrected chi connectivity index (χ3v) is 1.84. The van der Waals surface area contributed by atoms with Crippen LogP contribution in [0.5, 0.6) is 0 Å². The highest BCUT2D eigenvalue weighted by molar-refractivity contribution is 6.02. The maximum Gasteiger partial charge on any atom is 0.339 e. The summed E-state index contributed by atoms with van der Waals surface area (Å²) in [5.41, 5.74) is 0.817. The van der Waals surface area contributed by atoms with Crippen LogP contribution in [0.3, 0.4) is 0 Å². The molecule has 0 aromatic heterocycles. The molecule has 0 bridgehead atoms. The van der Waals surface area contributed by atoms with Gasteiger partial charge in [0.05, 0.1) is 24.3 Å². The van der Waals surface area contributed by atoms with Gasteiger partial charge in [-0.05, 0) is 19.1 Å². The van der Waals surface area contributed by atoms with Gasteiger partial charge in [0, 0.05) is 0 Å². The van der Waals surface area contributed by atoms with Crippen molar-refractivity contribution < 1.29 is 19.5 Å². The number of allylic oxidation sites excluding steroid dienone is 2. The van der Waals surface area contributed by atoms with Crippen LogP contribution in [-0.4, -0.2) is 30.5 Å². The first-order valence-electron chi connectivity index (χ1n) is 4.56. The Hall–Kier alpha value is -1.78. The Morgan fingerprint density at radius 3 is 2.87 bits per heavy atom. The van der Waals surface area contributed by atoms with E-state index >= 15 is 0 Å². The van der Waals surface area contributed by atoms with E-state index < -0.39 is 5.97 Å². The molecule has 0 atom stereocenters. The predicted molar refractivity (Wildman–Crippen MR) is 54.5 cm³/mol. The van der Waals surface area contributed by atoms with Crippen molar-refractivity contribution in [1.29, 1.82) is 0 Å². The van der Waals surface area contributed by atoms with Crippen molar-refractivity contribution in [2.75, 3.05) is 13.7 Å². The molecule has 15 heavy (non-hydrogen) atoms. The first kappa shape index (κ1) is 11.3. The molecular formula is C10H13NO4. The highest BCUT2D eigenvalue weighted by Gasteiger charge is 2.19. The van der Waals surface area contributed by atoms with E-state index in [0.29, 0.717) is 24.5 Å². The van der Waals surface area contributed by atoms with Gasteiger partial charge in [-0.3, -0.25) is 0 Å². The average molecular weight is 211 g/mol. The normalized spacial score (nSPS) is 18.1. The standard InChI is InChI=1S/C10H13NO4/c1-3-15-9-6-7(11-14-2)4-5-8(9)10(12)13/h4-5H,3,6H2,1-2H3,(H,12,13). The second-order valence-electron chi connectivity index (χ2n) is 2.85. The molecule has 0 aliphatic heterocycles. The molecule has 5 nitrogen and oxygen atoms in total. The van der Waals surface area contributed by atoms with E-state index in [0.717, 1.165) is 0 Å².